The number of aliphatic hydroxyl groups is 1. The van der Waals surface area contributed by atoms with Crippen molar-refractivity contribution in [2.24, 2.45) is 0 Å². The first-order chi connectivity index (χ1) is 9.38. The van der Waals surface area contributed by atoms with E-state index in [-0.39, 0.29) is 6.61 Å². The smallest absolute Gasteiger partial charge is 0.0681 e. The number of hydrogen-bond donors (Lipinski definition) is 2. The van der Waals surface area contributed by atoms with E-state index in [1.165, 1.54) is 12.0 Å². The van der Waals surface area contributed by atoms with Crippen LogP contribution < -0.4 is 5.32 Å². The van der Waals surface area contributed by atoms with Crippen molar-refractivity contribution >= 4 is 0 Å². The average molecular weight is 264 g/mol. The number of hydrogen-bond acceptors (Lipinski definition) is 4. The van der Waals surface area contributed by atoms with Gasteiger partial charge in [-0.05, 0) is 30.6 Å². The molecular weight excluding hydrogens is 240 g/mol. The lowest BCUT2D eigenvalue weighted by molar-refractivity contribution is 0.0374. The number of ether oxygens (including phenoxy) is 1. The monoisotopic (exact) mass is 264 g/mol. The van der Waals surface area contributed by atoms with Crippen LogP contribution in [0.3, 0.4) is 0 Å². The van der Waals surface area contributed by atoms with Crippen molar-refractivity contribution < 1.29 is 9.84 Å². The summed E-state index contributed by atoms with van der Waals surface area (Å²) < 4.78 is 5.33. The zero-order valence-corrected chi connectivity index (χ0v) is 11.5. The van der Waals surface area contributed by atoms with E-state index in [2.05, 4.69) is 22.3 Å². The molecule has 19 heavy (non-hydrogen) atoms. The van der Waals surface area contributed by atoms with Gasteiger partial charge in [0, 0.05) is 19.6 Å². The zero-order valence-electron chi connectivity index (χ0n) is 11.5. The van der Waals surface area contributed by atoms with E-state index in [0.717, 1.165) is 51.5 Å². The van der Waals surface area contributed by atoms with Crippen LogP contribution in [-0.4, -0.2) is 49.4 Å². The molecule has 2 rings (SSSR count). The lowest BCUT2D eigenvalue weighted by atomic mass is 10.1. The third kappa shape index (κ3) is 5.28. The largest absolute Gasteiger partial charge is 0.392 e. The van der Waals surface area contributed by atoms with Gasteiger partial charge in [-0.2, -0.15) is 0 Å². The van der Waals surface area contributed by atoms with Gasteiger partial charge in [0.05, 0.1) is 19.8 Å². The molecule has 1 heterocycles. The predicted molar refractivity (Wildman–Crippen MR) is 75.9 cm³/mol. The molecule has 0 bridgehead atoms. The maximum absolute atomic E-state index is 8.97. The van der Waals surface area contributed by atoms with Crippen molar-refractivity contribution in [1.29, 1.82) is 0 Å². The van der Waals surface area contributed by atoms with Gasteiger partial charge in [0.15, 0.2) is 0 Å². The normalized spacial score (nSPS) is 16.7. The number of nitrogens with one attached hydrogen (secondary N) is 1. The Balaban J connectivity index is 1.55. The van der Waals surface area contributed by atoms with Crippen LogP contribution in [0, 0.1) is 0 Å². The number of aliphatic hydroxyl groups excluding tert-OH is 1. The van der Waals surface area contributed by atoms with Crippen LogP contribution in [0.25, 0.3) is 0 Å². The summed E-state index contributed by atoms with van der Waals surface area (Å²) >= 11 is 0. The fourth-order valence-electron chi connectivity index (χ4n) is 2.25. The fourth-order valence-corrected chi connectivity index (χ4v) is 2.25. The summed E-state index contributed by atoms with van der Waals surface area (Å²) in [5.74, 6) is 0. The van der Waals surface area contributed by atoms with Gasteiger partial charge in [-0.15, -0.1) is 0 Å². The summed E-state index contributed by atoms with van der Waals surface area (Å²) in [6.07, 6.45) is 1.18. The highest BCUT2D eigenvalue weighted by Gasteiger charge is 2.08. The Morgan fingerprint density at radius 3 is 2.47 bits per heavy atom. The van der Waals surface area contributed by atoms with Crippen LogP contribution in [0.2, 0.25) is 0 Å². The topological polar surface area (TPSA) is 44.7 Å². The van der Waals surface area contributed by atoms with Crippen LogP contribution in [0.5, 0.6) is 0 Å². The average Bonchev–Trinajstić information content (AvgIpc) is 2.49. The van der Waals surface area contributed by atoms with E-state index in [4.69, 9.17) is 9.84 Å². The van der Waals surface area contributed by atoms with Gasteiger partial charge in [-0.25, -0.2) is 0 Å². The Kier molecular flexibility index (Phi) is 6.30. The lowest BCUT2D eigenvalue weighted by Gasteiger charge is -2.26. The standard InChI is InChI=1S/C15H24N2O2/c18-13-15-4-2-14(3-5-15)12-16-6-1-7-17-8-10-19-11-9-17/h2-5,16,18H,1,6-13H2. The van der Waals surface area contributed by atoms with Crippen LogP contribution in [-0.2, 0) is 17.9 Å². The molecule has 0 spiro atoms. The first-order valence-corrected chi connectivity index (χ1v) is 7.08. The molecule has 4 nitrogen and oxygen atoms in total. The highest BCUT2D eigenvalue weighted by Crippen LogP contribution is 2.04. The summed E-state index contributed by atoms with van der Waals surface area (Å²) in [5.41, 5.74) is 2.24. The van der Waals surface area contributed by atoms with E-state index >= 15 is 0 Å². The number of nitrogens with zero attached hydrogens (tertiary/aromatic N) is 1. The third-order valence-electron chi connectivity index (χ3n) is 3.47. The first-order valence-electron chi connectivity index (χ1n) is 7.08. The molecule has 0 atom stereocenters. The van der Waals surface area contributed by atoms with E-state index in [1.54, 1.807) is 0 Å². The number of morpholine rings is 1. The first kappa shape index (κ1) is 14.5. The lowest BCUT2D eigenvalue weighted by Crippen LogP contribution is -2.37. The van der Waals surface area contributed by atoms with Gasteiger partial charge in [0.2, 0.25) is 0 Å². The maximum atomic E-state index is 8.97. The molecule has 0 radical (unpaired) electrons. The number of benzene rings is 1. The quantitative estimate of drug-likeness (QED) is 0.721. The summed E-state index contributed by atoms with van der Waals surface area (Å²) in [7, 11) is 0. The highest BCUT2D eigenvalue weighted by atomic mass is 16.5. The van der Waals surface area contributed by atoms with Gasteiger partial charge in [0.1, 0.15) is 0 Å². The minimum absolute atomic E-state index is 0.118. The Hall–Kier alpha value is -0.940. The molecule has 1 aliphatic heterocycles. The minimum Gasteiger partial charge on any atom is -0.392 e. The Labute approximate surface area is 115 Å². The fraction of sp³-hybridized carbons (Fsp3) is 0.600. The highest BCUT2D eigenvalue weighted by molar-refractivity contribution is 5.21. The zero-order chi connectivity index (χ0) is 13.3. The second-order valence-corrected chi connectivity index (χ2v) is 4.96. The molecule has 2 N–H and O–H groups in total. The van der Waals surface area contributed by atoms with Crippen molar-refractivity contribution in [3.63, 3.8) is 0 Å². The molecule has 1 aromatic rings. The van der Waals surface area contributed by atoms with Crippen molar-refractivity contribution in [1.82, 2.24) is 10.2 Å². The van der Waals surface area contributed by atoms with Crippen LogP contribution >= 0.6 is 0 Å². The summed E-state index contributed by atoms with van der Waals surface area (Å²) in [6, 6.07) is 8.09. The van der Waals surface area contributed by atoms with Gasteiger partial charge in [0.25, 0.3) is 0 Å². The van der Waals surface area contributed by atoms with E-state index in [1.807, 2.05) is 12.1 Å². The van der Waals surface area contributed by atoms with Gasteiger partial charge in [-0.1, -0.05) is 24.3 Å². The molecule has 1 fully saturated rings. The molecule has 0 unspecified atom stereocenters. The molecule has 4 heteroatoms. The second kappa shape index (κ2) is 8.27. The van der Waals surface area contributed by atoms with Crippen molar-refractivity contribution in [3.05, 3.63) is 35.4 Å². The molecule has 0 aliphatic carbocycles. The summed E-state index contributed by atoms with van der Waals surface area (Å²) in [6.45, 7) is 7.11. The molecular formula is C15H24N2O2. The SMILES string of the molecule is OCc1ccc(CNCCCN2CCOCC2)cc1. The molecule has 1 aromatic carbocycles. The van der Waals surface area contributed by atoms with Gasteiger partial charge in [-0.3, -0.25) is 4.90 Å². The second-order valence-electron chi connectivity index (χ2n) is 4.96. The van der Waals surface area contributed by atoms with E-state index in [0.29, 0.717) is 0 Å². The molecule has 1 aliphatic rings. The summed E-state index contributed by atoms with van der Waals surface area (Å²) in [4.78, 5) is 2.46. The molecule has 1 saturated heterocycles. The third-order valence-corrected chi connectivity index (χ3v) is 3.47. The van der Waals surface area contributed by atoms with Crippen LogP contribution in [0.1, 0.15) is 17.5 Å². The Morgan fingerprint density at radius 2 is 1.79 bits per heavy atom. The molecule has 106 valence electrons. The summed E-state index contributed by atoms with van der Waals surface area (Å²) in [5, 5.41) is 12.4. The van der Waals surface area contributed by atoms with Gasteiger partial charge >= 0.3 is 0 Å². The Morgan fingerprint density at radius 1 is 1.11 bits per heavy atom. The molecule has 0 aromatic heterocycles. The Bertz CT molecular complexity index is 348. The van der Waals surface area contributed by atoms with Gasteiger partial charge < -0.3 is 15.2 Å². The number of rotatable bonds is 7. The van der Waals surface area contributed by atoms with Crippen molar-refractivity contribution in [2.75, 3.05) is 39.4 Å². The van der Waals surface area contributed by atoms with E-state index in [9.17, 15) is 0 Å². The molecule has 0 amide bonds. The van der Waals surface area contributed by atoms with Crippen LogP contribution in [0.15, 0.2) is 24.3 Å². The van der Waals surface area contributed by atoms with Crippen LogP contribution in [0.4, 0.5) is 0 Å². The van der Waals surface area contributed by atoms with Crippen molar-refractivity contribution in [2.45, 2.75) is 19.6 Å². The molecule has 0 saturated carbocycles. The minimum atomic E-state index is 0.118. The van der Waals surface area contributed by atoms with E-state index < -0.39 is 0 Å². The predicted octanol–water partition coefficient (Wildman–Crippen LogP) is 0.991. The van der Waals surface area contributed by atoms with Crippen molar-refractivity contribution in [3.8, 4) is 0 Å². The maximum Gasteiger partial charge on any atom is 0.0681 e.